The van der Waals surface area contributed by atoms with E-state index in [1.165, 1.54) is 0 Å². The molecule has 4 rings (SSSR count). The molecule has 0 saturated heterocycles. The van der Waals surface area contributed by atoms with Crippen molar-refractivity contribution in [1.29, 1.82) is 0 Å². The zero-order valence-electron chi connectivity index (χ0n) is 15.7. The Morgan fingerprint density at radius 2 is 2.00 bits per heavy atom. The maximum absolute atomic E-state index is 12.5. The summed E-state index contributed by atoms with van der Waals surface area (Å²) >= 11 is 0. The van der Waals surface area contributed by atoms with Gasteiger partial charge in [0.25, 0.3) is 0 Å². The summed E-state index contributed by atoms with van der Waals surface area (Å²) in [6, 6.07) is 7.50. The van der Waals surface area contributed by atoms with Gasteiger partial charge in [-0.3, -0.25) is 4.79 Å². The number of aryl methyl sites for hydroxylation is 2. The van der Waals surface area contributed by atoms with Gasteiger partial charge in [-0.2, -0.15) is 0 Å². The van der Waals surface area contributed by atoms with Gasteiger partial charge in [-0.1, -0.05) is 5.21 Å². The van der Waals surface area contributed by atoms with E-state index in [0.717, 1.165) is 29.7 Å². The summed E-state index contributed by atoms with van der Waals surface area (Å²) in [7, 11) is 0. The maximum Gasteiger partial charge on any atom is 0.338 e. The van der Waals surface area contributed by atoms with Gasteiger partial charge < -0.3 is 9.30 Å². The number of ketones is 1. The summed E-state index contributed by atoms with van der Waals surface area (Å²) in [6.45, 7) is 6.36. The Morgan fingerprint density at radius 3 is 2.70 bits per heavy atom. The van der Waals surface area contributed by atoms with Crippen LogP contribution in [0.3, 0.4) is 0 Å². The van der Waals surface area contributed by atoms with Crippen molar-refractivity contribution in [2.45, 2.75) is 46.2 Å². The van der Waals surface area contributed by atoms with Crippen molar-refractivity contribution >= 4 is 22.8 Å². The van der Waals surface area contributed by atoms with Gasteiger partial charge in [0.2, 0.25) is 5.78 Å². The van der Waals surface area contributed by atoms with Crippen molar-refractivity contribution in [2.75, 3.05) is 6.61 Å². The van der Waals surface area contributed by atoms with E-state index in [2.05, 4.69) is 14.9 Å². The number of nitrogens with zero attached hydrogens (tertiary/aromatic N) is 4. The number of Topliss-reactive ketones (excluding diaryl/α,β-unsaturated/α-hetero) is 1. The summed E-state index contributed by atoms with van der Waals surface area (Å²) in [5.41, 5.74) is 4.52. The SMILES string of the molecule is CCn1nnc2cc(C(=O)OCC(=O)c3cc(C)n(C4CC4)c3C)ccc21. The van der Waals surface area contributed by atoms with Crippen LogP contribution in [-0.2, 0) is 11.3 Å². The van der Waals surface area contributed by atoms with E-state index in [9.17, 15) is 9.59 Å². The largest absolute Gasteiger partial charge is 0.454 e. The molecule has 0 radical (unpaired) electrons. The molecular formula is C20H22N4O3. The summed E-state index contributed by atoms with van der Waals surface area (Å²) in [5.74, 6) is -0.714. The van der Waals surface area contributed by atoms with E-state index in [0.29, 0.717) is 29.2 Å². The Hall–Kier alpha value is -2.96. The van der Waals surface area contributed by atoms with Gasteiger partial charge in [0.05, 0.1) is 11.1 Å². The van der Waals surface area contributed by atoms with Gasteiger partial charge in [-0.05, 0) is 57.9 Å². The Kier molecular flexibility index (Phi) is 4.30. The number of fused-ring (bicyclic) bond motifs is 1. The first-order chi connectivity index (χ1) is 13.0. The Bertz CT molecular complexity index is 1040. The highest BCUT2D eigenvalue weighted by Gasteiger charge is 2.28. The number of carbonyl (C=O) groups excluding carboxylic acids is 2. The average Bonchev–Trinajstić information content (AvgIpc) is 3.33. The molecule has 0 aliphatic heterocycles. The molecular weight excluding hydrogens is 344 g/mol. The third-order valence-corrected chi connectivity index (χ3v) is 5.08. The normalized spacial score (nSPS) is 13.9. The third kappa shape index (κ3) is 3.13. The smallest absolute Gasteiger partial charge is 0.338 e. The van der Waals surface area contributed by atoms with Crippen LogP contribution in [0.4, 0.5) is 0 Å². The monoisotopic (exact) mass is 366 g/mol. The summed E-state index contributed by atoms with van der Waals surface area (Å²) in [6.07, 6.45) is 2.31. The molecule has 0 bridgehead atoms. The lowest BCUT2D eigenvalue weighted by Gasteiger charge is -2.08. The fourth-order valence-electron chi connectivity index (χ4n) is 3.58. The van der Waals surface area contributed by atoms with Gasteiger partial charge in [-0.25, -0.2) is 9.48 Å². The number of ether oxygens (including phenoxy) is 1. The van der Waals surface area contributed by atoms with Crippen LogP contribution in [0.5, 0.6) is 0 Å². The highest BCUT2D eigenvalue weighted by atomic mass is 16.5. The van der Waals surface area contributed by atoms with Gasteiger partial charge in [0.1, 0.15) is 5.52 Å². The fraction of sp³-hybridized carbons (Fsp3) is 0.400. The maximum atomic E-state index is 12.5. The van der Waals surface area contributed by atoms with E-state index in [1.807, 2.05) is 26.8 Å². The summed E-state index contributed by atoms with van der Waals surface area (Å²) in [4.78, 5) is 24.9. The van der Waals surface area contributed by atoms with Crippen LogP contribution in [0.1, 0.15) is 57.9 Å². The highest BCUT2D eigenvalue weighted by molar-refractivity contribution is 6.01. The van der Waals surface area contributed by atoms with Crippen LogP contribution in [0, 0.1) is 13.8 Å². The van der Waals surface area contributed by atoms with Crippen molar-refractivity contribution in [3.05, 3.63) is 46.8 Å². The average molecular weight is 366 g/mol. The van der Waals surface area contributed by atoms with Crippen molar-refractivity contribution < 1.29 is 14.3 Å². The molecule has 7 nitrogen and oxygen atoms in total. The predicted octanol–water partition coefficient (Wildman–Crippen LogP) is 3.24. The van der Waals surface area contributed by atoms with Crippen molar-refractivity contribution in [2.24, 2.45) is 0 Å². The number of rotatable bonds is 6. The minimum absolute atomic E-state index is 0.179. The molecule has 0 unspecified atom stereocenters. The Morgan fingerprint density at radius 1 is 1.22 bits per heavy atom. The number of hydrogen-bond donors (Lipinski definition) is 0. The van der Waals surface area contributed by atoms with Crippen LogP contribution in [0.2, 0.25) is 0 Å². The summed E-state index contributed by atoms with van der Waals surface area (Å²) < 4.78 is 9.22. The van der Waals surface area contributed by atoms with Crippen LogP contribution < -0.4 is 0 Å². The second kappa shape index (κ2) is 6.64. The molecule has 140 valence electrons. The predicted molar refractivity (Wildman–Crippen MR) is 100.0 cm³/mol. The fourth-order valence-corrected chi connectivity index (χ4v) is 3.58. The molecule has 0 atom stereocenters. The van der Waals surface area contributed by atoms with E-state index >= 15 is 0 Å². The zero-order chi connectivity index (χ0) is 19.1. The molecule has 1 aliphatic rings. The van der Waals surface area contributed by atoms with Gasteiger partial charge in [0, 0.05) is 29.5 Å². The number of carbonyl (C=O) groups is 2. The lowest BCUT2D eigenvalue weighted by molar-refractivity contribution is 0.0474. The zero-order valence-corrected chi connectivity index (χ0v) is 15.7. The lowest BCUT2D eigenvalue weighted by atomic mass is 10.1. The molecule has 1 aliphatic carbocycles. The Labute approximate surface area is 156 Å². The van der Waals surface area contributed by atoms with Crippen molar-refractivity contribution in [3.8, 4) is 0 Å². The van der Waals surface area contributed by atoms with E-state index in [1.54, 1.807) is 22.9 Å². The molecule has 2 heterocycles. The lowest BCUT2D eigenvalue weighted by Crippen LogP contribution is -2.15. The van der Waals surface area contributed by atoms with Gasteiger partial charge >= 0.3 is 5.97 Å². The molecule has 7 heteroatoms. The van der Waals surface area contributed by atoms with Crippen LogP contribution in [0.15, 0.2) is 24.3 Å². The molecule has 3 aromatic rings. The molecule has 1 fully saturated rings. The molecule has 1 aromatic carbocycles. The second-order valence-corrected chi connectivity index (χ2v) is 6.99. The standard InChI is InChI=1S/C20H22N4O3/c1-4-23-18-8-5-14(10-17(18)21-22-23)20(26)27-11-19(25)16-9-12(2)24(13(16)3)15-6-7-15/h5,8-10,15H,4,6-7,11H2,1-3H3. The van der Waals surface area contributed by atoms with Crippen molar-refractivity contribution in [3.63, 3.8) is 0 Å². The molecule has 27 heavy (non-hydrogen) atoms. The number of benzene rings is 1. The first-order valence-corrected chi connectivity index (χ1v) is 9.21. The van der Waals surface area contributed by atoms with Crippen LogP contribution in [0.25, 0.3) is 11.0 Å². The van der Waals surface area contributed by atoms with Gasteiger partial charge in [-0.15, -0.1) is 5.10 Å². The highest BCUT2D eigenvalue weighted by Crippen LogP contribution is 2.38. The minimum atomic E-state index is -0.535. The second-order valence-electron chi connectivity index (χ2n) is 6.99. The number of hydrogen-bond acceptors (Lipinski definition) is 5. The van der Waals surface area contributed by atoms with Crippen molar-refractivity contribution in [1.82, 2.24) is 19.6 Å². The third-order valence-electron chi connectivity index (χ3n) is 5.08. The Balaban J connectivity index is 1.46. The minimum Gasteiger partial charge on any atom is -0.454 e. The first-order valence-electron chi connectivity index (χ1n) is 9.21. The van der Waals surface area contributed by atoms with E-state index < -0.39 is 5.97 Å². The van der Waals surface area contributed by atoms with E-state index in [4.69, 9.17) is 4.74 Å². The molecule has 0 amide bonds. The van der Waals surface area contributed by atoms with Gasteiger partial charge in [0.15, 0.2) is 6.61 Å². The van der Waals surface area contributed by atoms with Crippen LogP contribution >= 0.6 is 0 Å². The summed E-state index contributed by atoms with van der Waals surface area (Å²) in [5, 5.41) is 8.08. The molecule has 0 N–H and O–H groups in total. The molecule has 0 spiro atoms. The van der Waals surface area contributed by atoms with Crippen LogP contribution in [-0.4, -0.2) is 37.9 Å². The number of esters is 1. The molecule has 2 aromatic heterocycles. The van der Waals surface area contributed by atoms with E-state index in [-0.39, 0.29) is 12.4 Å². The topological polar surface area (TPSA) is 79.0 Å². The quantitative estimate of drug-likeness (QED) is 0.494. The number of aromatic nitrogens is 4. The molecule has 1 saturated carbocycles. The first kappa shape index (κ1) is 17.5.